The first-order valence-corrected chi connectivity index (χ1v) is 9.89. The fraction of sp³-hybridized carbons (Fsp3) is 0.750. The van der Waals surface area contributed by atoms with Crippen molar-refractivity contribution in [3.05, 3.63) is 31.5 Å². The van der Waals surface area contributed by atoms with Gasteiger partial charge in [-0.3, -0.25) is 9.78 Å². The molecule has 0 saturated carbocycles. The van der Waals surface area contributed by atoms with E-state index >= 15 is 0 Å². The predicted molar refractivity (Wildman–Crippen MR) is 99.4 cm³/mol. The molecule has 0 aliphatic carbocycles. The Morgan fingerprint density at radius 3 is 2.62 bits per heavy atom. The van der Waals surface area contributed by atoms with Crippen LogP contribution in [0.1, 0.15) is 39.0 Å². The van der Waals surface area contributed by atoms with Crippen LogP contribution in [0.2, 0.25) is 0 Å². The van der Waals surface area contributed by atoms with Crippen molar-refractivity contribution in [2.24, 2.45) is 0 Å². The molecule has 6 N–H and O–H groups in total. The number of nitrogens with zero attached hydrogens (tertiary/aromatic N) is 2. The van der Waals surface area contributed by atoms with Crippen LogP contribution in [0.25, 0.3) is 0 Å². The van der Waals surface area contributed by atoms with Crippen molar-refractivity contribution < 1.29 is 34.8 Å². The van der Waals surface area contributed by atoms with Crippen LogP contribution in [0, 0.1) is 0 Å². The molecule has 0 radical (unpaired) electrons. The van der Waals surface area contributed by atoms with E-state index in [1.54, 1.807) is 0 Å². The first-order valence-electron chi connectivity index (χ1n) is 9.10. The normalized spacial score (nSPS) is 30.8. The lowest BCUT2D eigenvalue weighted by Gasteiger charge is -2.43. The molecule has 0 aromatic carbocycles. The first kappa shape index (κ1) is 24.1. The van der Waals surface area contributed by atoms with Gasteiger partial charge >= 0.3 is 11.6 Å². The van der Waals surface area contributed by atoms with E-state index in [4.69, 9.17) is 4.74 Å². The number of unbranched alkanes of at least 4 members (excludes halogenated alkanes) is 3. The van der Waals surface area contributed by atoms with Gasteiger partial charge < -0.3 is 30.4 Å². The highest BCUT2D eigenvalue weighted by Crippen LogP contribution is 2.44. The van der Waals surface area contributed by atoms with E-state index in [1.165, 1.54) is 0 Å². The van der Waals surface area contributed by atoms with Crippen molar-refractivity contribution >= 4 is 15.9 Å². The van der Waals surface area contributed by atoms with Crippen LogP contribution in [0.4, 0.5) is 4.39 Å². The van der Waals surface area contributed by atoms with Crippen molar-refractivity contribution in [1.29, 1.82) is 0 Å². The number of hydrogen-bond acceptors (Lipinski definition) is 9. The number of aliphatic hydroxyl groups is 4. The maximum atomic E-state index is 14.6. The molecule has 2 rings (SSSR count). The number of hydroxylamine groups is 2. The maximum Gasteiger partial charge on any atom is 0.332 e. The smallest absolute Gasteiger partial charge is 0.332 e. The van der Waals surface area contributed by atoms with Crippen LogP contribution in [0.3, 0.4) is 0 Å². The highest BCUT2D eigenvalue weighted by molar-refractivity contribution is 9.10. The van der Waals surface area contributed by atoms with E-state index in [0.29, 0.717) is 12.8 Å². The topological polar surface area (TPSA) is 168 Å². The van der Waals surface area contributed by atoms with Crippen molar-refractivity contribution in [2.75, 3.05) is 6.61 Å². The second-order valence-electron chi connectivity index (χ2n) is 6.85. The summed E-state index contributed by atoms with van der Waals surface area (Å²) >= 11 is 2.84. The van der Waals surface area contributed by atoms with Crippen molar-refractivity contribution in [1.82, 2.24) is 14.6 Å². The minimum Gasteiger partial charge on any atom is -0.394 e. The summed E-state index contributed by atoms with van der Waals surface area (Å²) in [5, 5.41) is 51.8. The molecule has 1 unspecified atom stereocenters. The third kappa shape index (κ3) is 4.18. The molecule has 0 amide bonds. The van der Waals surface area contributed by atoms with Gasteiger partial charge in [0.25, 0.3) is 5.56 Å². The average molecular weight is 486 g/mol. The van der Waals surface area contributed by atoms with Gasteiger partial charge in [0.1, 0.15) is 12.2 Å². The molecular weight excluding hydrogens is 461 g/mol. The van der Waals surface area contributed by atoms with Crippen LogP contribution >= 0.6 is 15.9 Å². The number of alkyl halides is 1. The Labute approximate surface area is 173 Å². The number of nitrogens with one attached hydrogen (secondary N) is 1. The van der Waals surface area contributed by atoms with Gasteiger partial charge in [-0.05, 0) is 28.8 Å². The van der Waals surface area contributed by atoms with Crippen LogP contribution in [0.15, 0.2) is 20.3 Å². The molecule has 1 aliphatic rings. The number of aromatic amines is 1. The Balaban J connectivity index is 2.48. The van der Waals surface area contributed by atoms with E-state index in [0.717, 1.165) is 19.0 Å². The molecule has 1 saturated heterocycles. The third-order valence-electron chi connectivity index (χ3n) is 4.88. The molecule has 0 bridgehead atoms. The van der Waals surface area contributed by atoms with Crippen molar-refractivity contribution in [3.63, 3.8) is 0 Å². The zero-order chi connectivity index (χ0) is 22.0. The molecule has 1 aromatic rings. The fourth-order valence-electron chi connectivity index (χ4n) is 3.22. The van der Waals surface area contributed by atoms with Gasteiger partial charge in [-0.25, -0.2) is 13.8 Å². The molecule has 1 aromatic heterocycles. The molecule has 2 heterocycles. The van der Waals surface area contributed by atoms with E-state index in [2.05, 4.69) is 15.9 Å². The van der Waals surface area contributed by atoms with Crippen LogP contribution in [0.5, 0.6) is 0 Å². The van der Waals surface area contributed by atoms with Gasteiger partial charge in [-0.1, -0.05) is 26.2 Å². The van der Waals surface area contributed by atoms with Gasteiger partial charge in [-0.15, -0.1) is 5.06 Å². The maximum absolute atomic E-state index is 14.6. The average Bonchev–Trinajstić information content (AvgIpc) is 2.89. The first-order chi connectivity index (χ1) is 13.5. The summed E-state index contributed by atoms with van der Waals surface area (Å²) in [4.78, 5) is 25.6. The van der Waals surface area contributed by atoms with Crippen LogP contribution in [-0.2, 0) is 10.6 Å². The second-order valence-corrected chi connectivity index (χ2v) is 7.71. The van der Waals surface area contributed by atoms with Gasteiger partial charge in [0.15, 0.2) is 6.30 Å². The summed E-state index contributed by atoms with van der Waals surface area (Å²) in [5.74, 6) is -3.26. The molecule has 5 atom stereocenters. The molecule has 0 spiro atoms. The van der Waals surface area contributed by atoms with E-state index in [-0.39, 0.29) is 20.5 Å². The summed E-state index contributed by atoms with van der Waals surface area (Å²) in [6.07, 6.45) is -2.98. The van der Waals surface area contributed by atoms with Crippen molar-refractivity contribution in [2.45, 2.75) is 69.2 Å². The Kier molecular flexibility index (Phi) is 7.73. The van der Waals surface area contributed by atoms with Gasteiger partial charge in [0, 0.05) is 6.20 Å². The summed E-state index contributed by atoms with van der Waals surface area (Å²) in [6.45, 7) is 1.02. The monoisotopic (exact) mass is 485 g/mol. The Hall–Kier alpha value is -1.19. The molecule has 29 heavy (non-hydrogen) atoms. The molecule has 1 fully saturated rings. The summed E-state index contributed by atoms with van der Waals surface area (Å²) in [7, 11) is 0. The SMILES string of the molecule is CCCCCCC(F)N(O)[C@@]1(O)[C@H](O)[C@@H](CO)O[C@@]1(O)n1cc(Br)c(=O)[nH]c1=O. The molecule has 11 nitrogen and oxygen atoms in total. The number of halogens is 2. The summed E-state index contributed by atoms with van der Waals surface area (Å²) in [5.41, 5.74) is -5.45. The summed E-state index contributed by atoms with van der Waals surface area (Å²) in [6, 6.07) is 0. The molecule has 166 valence electrons. The Bertz CT molecular complexity index is 822. The largest absolute Gasteiger partial charge is 0.394 e. The number of rotatable bonds is 9. The number of H-pyrrole nitrogens is 1. The highest BCUT2D eigenvalue weighted by Gasteiger charge is 2.71. The van der Waals surface area contributed by atoms with Crippen LogP contribution in [-0.4, -0.2) is 71.1 Å². The van der Waals surface area contributed by atoms with Gasteiger partial charge in [0.05, 0.1) is 11.1 Å². The minimum atomic E-state index is -3.30. The molecule has 13 heteroatoms. The number of hydrogen-bond donors (Lipinski definition) is 6. The Morgan fingerprint density at radius 2 is 2.03 bits per heavy atom. The standard InChI is InChI=1S/C16H25BrFN3O8/c1-2-3-4-5-6-11(18)21(28)15(26)12(23)10(8-22)29-16(15,27)20-7-9(17)13(24)19-14(20)25/h7,10-12,22-23,26-28H,2-6,8H2,1H3,(H,19,24,25)/t10-,11?,12-,15-,16-/m1/s1. The number of ether oxygens (including phenoxy) is 1. The summed E-state index contributed by atoms with van der Waals surface area (Å²) < 4.78 is 19.7. The number of aromatic nitrogens is 2. The van der Waals surface area contributed by atoms with Crippen LogP contribution < -0.4 is 11.2 Å². The molecule has 1 aliphatic heterocycles. The van der Waals surface area contributed by atoms with E-state index < -0.39 is 48.0 Å². The highest BCUT2D eigenvalue weighted by atomic mass is 79.9. The lowest BCUT2D eigenvalue weighted by molar-refractivity contribution is -0.428. The lowest BCUT2D eigenvalue weighted by Crippen LogP contribution is -2.69. The van der Waals surface area contributed by atoms with Gasteiger partial charge in [0.2, 0.25) is 5.72 Å². The number of aliphatic hydroxyl groups excluding tert-OH is 2. The van der Waals surface area contributed by atoms with E-state index in [1.807, 2.05) is 11.9 Å². The molecular formula is C16H25BrFN3O8. The zero-order valence-corrected chi connectivity index (χ0v) is 17.2. The lowest BCUT2D eigenvalue weighted by atomic mass is 10.00. The van der Waals surface area contributed by atoms with Crippen molar-refractivity contribution in [3.8, 4) is 0 Å². The minimum absolute atomic E-state index is 0.254. The quantitative estimate of drug-likeness (QED) is 0.114. The fourth-order valence-corrected chi connectivity index (χ4v) is 3.52. The Morgan fingerprint density at radius 1 is 1.38 bits per heavy atom. The van der Waals surface area contributed by atoms with Gasteiger partial charge in [-0.2, -0.15) is 0 Å². The zero-order valence-electron chi connectivity index (χ0n) is 15.7. The third-order valence-corrected chi connectivity index (χ3v) is 5.44. The second kappa shape index (κ2) is 9.31. The van der Waals surface area contributed by atoms with E-state index in [9.17, 15) is 39.6 Å². The predicted octanol–water partition coefficient (Wildman–Crippen LogP) is -0.701.